The van der Waals surface area contributed by atoms with E-state index in [1.54, 1.807) is 7.11 Å². The van der Waals surface area contributed by atoms with Crippen LogP contribution in [-0.2, 0) is 13.0 Å². The SMILES string of the molecule is COc1ccc(COc2nc(N3c4ccccc4C[C@H]3C)ncc2C(=O)O)cc1. The maximum absolute atomic E-state index is 11.6. The minimum absolute atomic E-state index is 0.0508. The Morgan fingerprint density at radius 2 is 1.97 bits per heavy atom. The third-order valence-corrected chi connectivity index (χ3v) is 4.93. The van der Waals surface area contributed by atoms with E-state index in [9.17, 15) is 9.90 Å². The number of aromatic carboxylic acids is 1. The molecule has 4 rings (SSSR count). The summed E-state index contributed by atoms with van der Waals surface area (Å²) in [5.41, 5.74) is 3.06. The Balaban J connectivity index is 1.63. The highest BCUT2D eigenvalue weighted by Gasteiger charge is 2.30. The van der Waals surface area contributed by atoms with Crippen LogP contribution in [0.4, 0.5) is 11.6 Å². The van der Waals surface area contributed by atoms with E-state index in [1.807, 2.05) is 47.4 Å². The van der Waals surface area contributed by atoms with E-state index in [0.717, 1.165) is 23.4 Å². The quantitative estimate of drug-likeness (QED) is 0.683. The molecule has 0 amide bonds. The van der Waals surface area contributed by atoms with Gasteiger partial charge in [-0.05, 0) is 42.7 Å². The second kappa shape index (κ2) is 7.79. The normalized spacial score (nSPS) is 15.1. The van der Waals surface area contributed by atoms with Crippen molar-refractivity contribution in [2.24, 2.45) is 0 Å². The van der Waals surface area contributed by atoms with E-state index in [-0.39, 0.29) is 24.1 Å². The number of benzene rings is 2. The Kier molecular flexibility index (Phi) is 5.03. The minimum atomic E-state index is -1.13. The number of nitrogens with zero attached hydrogens (tertiary/aromatic N) is 3. The number of para-hydroxylation sites is 1. The van der Waals surface area contributed by atoms with Gasteiger partial charge in [0, 0.05) is 11.7 Å². The number of fused-ring (bicyclic) bond motifs is 1. The van der Waals surface area contributed by atoms with Crippen LogP contribution in [0, 0.1) is 0 Å². The molecule has 0 saturated carbocycles. The van der Waals surface area contributed by atoms with Crippen LogP contribution in [0.15, 0.2) is 54.7 Å². The molecule has 3 aromatic rings. The summed E-state index contributed by atoms with van der Waals surface area (Å²) in [6, 6.07) is 15.6. The first kappa shape index (κ1) is 18.7. The first-order chi connectivity index (χ1) is 14.1. The number of anilines is 2. The predicted molar refractivity (Wildman–Crippen MR) is 108 cm³/mol. The highest BCUT2D eigenvalue weighted by Crippen LogP contribution is 2.37. The van der Waals surface area contributed by atoms with Crippen LogP contribution < -0.4 is 14.4 Å². The summed E-state index contributed by atoms with van der Waals surface area (Å²) in [5.74, 6) is 0.0919. The third-order valence-electron chi connectivity index (χ3n) is 4.93. The zero-order valence-corrected chi connectivity index (χ0v) is 16.2. The number of ether oxygens (including phenoxy) is 2. The lowest BCUT2D eigenvalue weighted by atomic mass is 10.1. The van der Waals surface area contributed by atoms with Gasteiger partial charge in [0.15, 0.2) is 0 Å². The van der Waals surface area contributed by atoms with Gasteiger partial charge in [0.25, 0.3) is 0 Å². The van der Waals surface area contributed by atoms with Crippen molar-refractivity contribution < 1.29 is 19.4 Å². The highest BCUT2D eigenvalue weighted by molar-refractivity contribution is 5.90. The predicted octanol–water partition coefficient (Wildman–Crippen LogP) is 3.85. The number of carbonyl (C=O) groups is 1. The molecule has 0 radical (unpaired) electrons. The standard InChI is InChI=1S/C22H21N3O4/c1-14-11-16-5-3-4-6-19(16)25(14)22-23-12-18(21(26)27)20(24-22)29-13-15-7-9-17(28-2)10-8-15/h3-10,12,14H,11,13H2,1-2H3,(H,26,27)/t14-/m1/s1. The monoisotopic (exact) mass is 391 g/mol. The van der Waals surface area contributed by atoms with Crippen LogP contribution in [0.25, 0.3) is 0 Å². The Morgan fingerprint density at radius 3 is 2.69 bits per heavy atom. The maximum atomic E-state index is 11.6. The number of rotatable bonds is 6. The summed E-state index contributed by atoms with van der Waals surface area (Å²) in [5, 5.41) is 9.51. The molecule has 1 aromatic heterocycles. The molecule has 0 aliphatic carbocycles. The minimum Gasteiger partial charge on any atom is -0.497 e. The van der Waals surface area contributed by atoms with Crippen LogP contribution >= 0.6 is 0 Å². The Morgan fingerprint density at radius 1 is 1.21 bits per heavy atom. The van der Waals surface area contributed by atoms with Gasteiger partial charge >= 0.3 is 5.97 Å². The molecule has 0 fully saturated rings. The fraction of sp³-hybridized carbons (Fsp3) is 0.227. The molecule has 29 heavy (non-hydrogen) atoms. The summed E-state index contributed by atoms with van der Waals surface area (Å²) >= 11 is 0. The number of hydrogen-bond donors (Lipinski definition) is 1. The Labute approximate surface area is 168 Å². The average molecular weight is 391 g/mol. The van der Waals surface area contributed by atoms with E-state index in [2.05, 4.69) is 23.0 Å². The Bertz CT molecular complexity index is 1040. The molecule has 1 N–H and O–H groups in total. The summed E-state index contributed by atoms with van der Waals surface area (Å²) in [7, 11) is 1.60. The summed E-state index contributed by atoms with van der Waals surface area (Å²) in [4.78, 5) is 22.4. The molecule has 148 valence electrons. The van der Waals surface area contributed by atoms with Crippen molar-refractivity contribution in [3.05, 3.63) is 71.4 Å². The van der Waals surface area contributed by atoms with Gasteiger partial charge in [0.05, 0.1) is 13.3 Å². The van der Waals surface area contributed by atoms with Gasteiger partial charge in [0.2, 0.25) is 11.8 Å². The van der Waals surface area contributed by atoms with Crippen molar-refractivity contribution in [2.75, 3.05) is 12.0 Å². The molecule has 0 spiro atoms. The number of aromatic nitrogens is 2. The molecule has 7 heteroatoms. The zero-order valence-electron chi connectivity index (χ0n) is 16.2. The van der Waals surface area contributed by atoms with Crippen LogP contribution in [0.2, 0.25) is 0 Å². The molecular weight excluding hydrogens is 370 g/mol. The maximum Gasteiger partial charge on any atom is 0.342 e. The highest BCUT2D eigenvalue weighted by atomic mass is 16.5. The molecule has 2 heterocycles. The lowest BCUT2D eigenvalue weighted by Crippen LogP contribution is -2.26. The van der Waals surface area contributed by atoms with Crippen LogP contribution in [0.5, 0.6) is 11.6 Å². The smallest absolute Gasteiger partial charge is 0.342 e. The van der Waals surface area contributed by atoms with E-state index in [4.69, 9.17) is 9.47 Å². The lowest BCUT2D eigenvalue weighted by molar-refractivity contribution is 0.0690. The fourth-order valence-corrected chi connectivity index (χ4v) is 3.47. The first-order valence-corrected chi connectivity index (χ1v) is 9.30. The van der Waals surface area contributed by atoms with Gasteiger partial charge in [-0.3, -0.25) is 0 Å². The number of carboxylic acids is 1. The molecule has 0 unspecified atom stereocenters. The van der Waals surface area contributed by atoms with E-state index >= 15 is 0 Å². The topological polar surface area (TPSA) is 84.8 Å². The largest absolute Gasteiger partial charge is 0.497 e. The molecule has 0 saturated heterocycles. The van der Waals surface area contributed by atoms with Crippen molar-refractivity contribution in [1.82, 2.24) is 9.97 Å². The second-order valence-corrected chi connectivity index (χ2v) is 6.88. The molecule has 1 aliphatic heterocycles. The van der Waals surface area contributed by atoms with Crippen LogP contribution in [0.1, 0.15) is 28.4 Å². The number of methoxy groups -OCH3 is 1. The molecule has 1 atom stereocenters. The third kappa shape index (κ3) is 3.71. The number of hydrogen-bond acceptors (Lipinski definition) is 6. The fourth-order valence-electron chi connectivity index (χ4n) is 3.47. The van der Waals surface area contributed by atoms with Gasteiger partial charge < -0.3 is 19.5 Å². The van der Waals surface area contributed by atoms with Crippen molar-refractivity contribution in [1.29, 1.82) is 0 Å². The second-order valence-electron chi connectivity index (χ2n) is 6.88. The van der Waals surface area contributed by atoms with Crippen molar-refractivity contribution in [3.8, 4) is 11.6 Å². The van der Waals surface area contributed by atoms with E-state index in [1.165, 1.54) is 11.8 Å². The van der Waals surface area contributed by atoms with Crippen LogP contribution in [-0.4, -0.2) is 34.2 Å². The Hall–Kier alpha value is -3.61. The van der Waals surface area contributed by atoms with Gasteiger partial charge in [0.1, 0.15) is 17.9 Å². The molecule has 1 aliphatic rings. The van der Waals surface area contributed by atoms with Gasteiger partial charge in [-0.15, -0.1) is 0 Å². The van der Waals surface area contributed by atoms with E-state index in [0.29, 0.717) is 5.95 Å². The molecule has 2 aromatic carbocycles. The summed E-state index contributed by atoms with van der Waals surface area (Å²) < 4.78 is 10.9. The van der Waals surface area contributed by atoms with Crippen molar-refractivity contribution >= 4 is 17.6 Å². The number of carboxylic acid groups (broad SMARTS) is 1. The van der Waals surface area contributed by atoms with Crippen LogP contribution in [0.3, 0.4) is 0 Å². The zero-order chi connectivity index (χ0) is 20.4. The lowest BCUT2D eigenvalue weighted by Gasteiger charge is -2.23. The summed E-state index contributed by atoms with van der Waals surface area (Å²) in [6.45, 7) is 2.28. The first-order valence-electron chi connectivity index (χ1n) is 9.30. The van der Waals surface area contributed by atoms with E-state index < -0.39 is 5.97 Å². The summed E-state index contributed by atoms with van der Waals surface area (Å²) in [6.07, 6.45) is 2.18. The van der Waals surface area contributed by atoms with Gasteiger partial charge in [-0.1, -0.05) is 30.3 Å². The van der Waals surface area contributed by atoms with Gasteiger partial charge in [-0.2, -0.15) is 4.98 Å². The molecular formula is C22H21N3O4. The van der Waals surface area contributed by atoms with Gasteiger partial charge in [-0.25, -0.2) is 9.78 Å². The molecule has 7 nitrogen and oxygen atoms in total. The van der Waals surface area contributed by atoms with Crippen molar-refractivity contribution in [3.63, 3.8) is 0 Å². The molecule has 0 bridgehead atoms. The van der Waals surface area contributed by atoms with Crippen molar-refractivity contribution in [2.45, 2.75) is 26.0 Å². The average Bonchev–Trinajstić information content (AvgIpc) is 3.08.